The summed E-state index contributed by atoms with van der Waals surface area (Å²) in [5, 5.41) is 6.09. The van der Waals surface area contributed by atoms with E-state index in [1.165, 1.54) is 16.8 Å². The summed E-state index contributed by atoms with van der Waals surface area (Å²) in [6, 6.07) is 0. The van der Waals surface area contributed by atoms with E-state index in [2.05, 4.69) is 10.2 Å². The first-order chi connectivity index (χ1) is 8.25. The van der Waals surface area contributed by atoms with E-state index in [9.17, 15) is 0 Å². The van der Waals surface area contributed by atoms with Gasteiger partial charge in [0.25, 0.3) is 0 Å². The number of nitrogens with zero attached hydrogens (tertiary/aromatic N) is 2. The number of aryl methyl sites for hydroxylation is 3. The van der Waals surface area contributed by atoms with Crippen molar-refractivity contribution < 1.29 is 0 Å². The minimum atomic E-state index is 0.843. The Hall–Kier alpha value is -1.14. The molecule has 0 saturated carbocycles. The van der Waals surface area contributed by atoms with E-state index >= 15 is 0 Å². The molecule has 0 aliphatic heterocycles. The first kappa shape index (κ1) is 14.9. The fraction of sp³-hybridized carbons (Fsp3) is 0.500. The number of rotatable bonds is 0. The van der Waals surface area contributed by atoms with Crippen molar-refractivity contribution in [1.82, 2.24) is 19.6 Å². The normalized spacial score (nSPS) is 10.1. The maximum absolute atomic E-state index is 5.05. The maximum atomic E-state index is 5.05. The fourth-order valence-corrected chi connectivity index (χ4v) is 2.02. The SMILES string of the molecule is Cc1[nH]n(C)c(=S)c1C.Cc1c(C)n(C)[nH]c1=S. The first-order valence-electron chi connectivity index (χ1n) is 5.70. The molecule has 2 aromatic heterocycles. The molecule has 0 unspecified atom stereocenters. The highest BCUT2D eigenvalue weighted by atomic mass is 32.1. The summed E-state index contributed by atoms with van der Waals surface area (Å²) in [4.78, 5) is 0. The quantitative estimate of drug-likeness (QED) is 0.728. The van der Waals surface area contributed by atoms with Crippen molar-refractivity contribution in [3.8, 4) is 0 Å². The second-order valence-corrected chi connectivity index (χ2v) is 5.23. The van der Waals surface area contributed by atoms with Gasteiger partial charge in [-0.1, -0.05) is 24.4 Å². The molecule has 0 radical (unpaired) electrons. The third-order valence-electron chi connectivity index (χ3n) is 3.18. The third kappa shape index (κ3) is 3.00. The number of hydrogen-bond donors (Lipinski definition) is 2. The standard InChI is InChI=1S/2C6H10N2S/c1-4-5(2)8(3)7-6(4)9;1-4-5(2)7-8(3)6(4)9/h1-3H3,(H,7,9);7H,1-3H3. The van der Waals surface area contributed by atoms with Gasteiger partial charge in [-0.3, -0.25) is 14.5 Å². The van der Waals surface area contributed by atoms with E-state index in [0.717, 1.165) is 15.0 Å². The summed E-state index contributed by atoms with van der Waals surface area (Å²) >= 11 is 10.0. The van der Waals surface area contributed by atoms with Gasteiger partial charge >= 0.3 is 0 Å². The van der Waals surface area contributed by atoms with Crippen LogP contribution in [0.3, 0.4) is 0 Å². The maximum Gasteiger partial charge on any atom is 0.124 e. The summed E-state index contributed by atoms with van der Waals surface area (Å²) < 4.78 is 5.51. The van der Waals surface area contributed by atoms with Gasteiger partial charge in [0.15, 0.2) is 0 Å². The molecule has 4 nitrogen and oxygen atoms in total. The number of hydrogen-bond acceptors (Lipinski definition) is 2. The Kier molecular flexibility index (Phi) is 4.70. The van der Waals surface area contributed by atoms with Crippen LogP contribution in [-0.4, -0.2) is 19.6 Å². The summed E-state index contributed by atoms with van der Waals surface area (Å²) in [6.45, 7) is 8.11. The Balaban J connectivity index is 0.000000180. The van der Waals surface area contributed by atoms with Crippen LogP contribution in [-0.2, 0) is 14.1 Å². The van der Waals surface area contributed by atoms with Gasteiger partial charge in [-0.25, -0.2) is 0 Å². The van der Waals surface area contributed by atoms with E-state index in [0.29, 0.717) is 0 Å². The second kappa shape index (κ2) is 5.67. The highest BCUT2D eigenvalue weighted by molar-refractivity contribution is 7.71. The Morgan fingerprint density at radius 1 is 0.833 bits per heavy atom. The van der Waals surface area contributed by atoms with Gasteiger partial charge in [0, 0.05) is 36.6 Å². The molecular formula is C12H20N4S2. The van der Waals surface area contributed by atoms with Gasteiger partial charge in [0.2, 0.25) is 0 Å². The number of aromatic nitrogens is 4. The van der Waals surface area contributed by atoms with Crippen LogP contribution in [0.25, 0.3) is 0 Å². The van der Waals surface area contributed by atoms with Crippen LogP contribution in [0.2, 0.25) is 0 Å². The Bertz CT molecular complexity index is 655. The average Bonchev–Trinajstić information content (AvgIpc) is 2.66. The van der Waals surface area contributed by atoms with Gasteiger partial charge in [-0.2, -0.15) is 0 Å². The minimum absolute atomic E-state index is 0.843. The molecule has 0 aromatic carbocycles. The molecule has 18 heavy (non-hydrogen) atoms. The molecular weight excluding hydrogens is 264 g/mol. The number of nitrogens with one attached hydrogen (secondary N) is 2. The van der Waals surface area contributed by atoms with Crippen LogP contribution in [0.15, 0.2) is 0 Å². The van der Waals surface area contributed by atoms with Gasteiger partial charge < -0.3 is 5.10 Å². The van der Waals surface area contributed by atoms with Gasteiger partial charge in [-0.05, 0) is 27.7 Å². The molecule has 2 rings (SSSR count). The van der Waals surface area contributed by atoms with E-state index in [4.69, 9.17) is 24.4 Å². The lowest BCUT2D eigenvalue weighted by Crippen LogP contribution is -1.91. The molecule has 0 fully saturated rings. The van der Waals surface area contributed by atoms with E-state index in [1.54, 1.807) is 0 Å². The van der Waals surface area contributed by atoms with Crippen molar-refractivity contribution in [1.29, 1.82) is 0 Å². The molecule has 0 aliphatic carbocycles. The van der Waals surface area contributed by atoms with E-state index in [-0.39, 0.29) is 0 Å². The van der Waals surface area contributed by atoms with Crippen molar-refractivity contribution in [2.45, 2.75) is 27.7 Å². The predicted molar refractivity (Wildman–Crippen MR) is 80.1 cm³/mol. The molecule has 2 heterocycles. The van der Waals surface area contributed by atoms with Gasteiger partial charge in [0.05, 0.1) is 0 Å². The lowest BCUT2D eigenvalue weighted by atomic mass is 10.3. The van der Waals surface area contributed by atoms with E-state index < -0.39 is 0 Å². The zero-order valence-electron chi connectivity index (χ0n) is 11.7. The zero-order valence-corrected chi connectivity index (χ0v) is 13.3. The van der Waals surface area contributed by atoms with E-state index in [1.807, 2.05) is 51.2 Å². The minimum Gasteiger partial charge on any atom is -0.302 e. The molecule has 0 saturated heterocycles. The Morgan fingerprint density at radius 2 is 1.39 bits per heavy atom. The highest BCUT2D eigenvalue weighted by Gasteiger charge is 1.97. The van der Waals surface area contributed by atoms with Crippen LogP contribution in [0.5, 0.6) is 0 Å². The summed E-state index contributed by atoms with van der Waals surface area (Å²) in [7, 11) is 3.88. The molecule has 0 spiro atoms. The molecule has 0 aliphatic rings. The molecule has 2 aromatic rings. The molecule has 100 valence electrons. The molecule has 0 bridgehead atoms. The number of H-pyrrole nitrogens is 2. The third-order valence-corrected chi connectivity index (χ3v) is 4.16. The van der Waals surface area contributed by atoms with Crippen LogP contribution in [0.1, 0.15) is 22.5 Å². The number of aromatic amines is 2. The van der Waals surface area contributed by atoms with Crippen LogP contribution >= 0.6 is 24.4 Å². The largest absolute Gasteiger partial charge is 0.302 e. The molecule has 0 amide bonds. The molecule has 2 N–H and O–H groups in total. The predicted octanol–water partition coefficient (Wildman–Crippen LogP) is 3.40. The van der Waals surface area contributed by atoms with Crippen LogP contribution in [0.4, 0.5) is 0 Å². The van der Waals surface area contributed by atoms with Crippen molar-refractivity contribution >= 4 is 24.4 Å². The summed E-state index contributed by atoms with van der Waals surface area (Å²) in [6.07, 6.45) is 0. The average molecular weight is 284 g/mol. The molecule has 0 atom stereocenters. The van der Waals surface area contributed by atoms with Gasteiger partial charge in [-0.15, -0.1) is 0 Å². The first-order valence-corrected chi connectivity index (χ1v) is 6.51. The zero-order chi connectivity index (χ0) is 14.0. The summed E-state index contributed by atoms with van der Waals surface area (Å²) in [5.74, 6) is 0. The molecule has 6 heteroatoms. The second-order valence-electron chi connectivity index (χ2n) is 4.44. The van der Waals surface area contributed by atoms with Gasteiger partial charge in [0.1, 0.15) is 9.28 Å². The topological polar surface area (TPSA) is 41.4 Å². The van der Waals surface area contributed by atoms with Crippen LogP contribution < -0.4 is 0 Å². The Morgan fingerprint density at radius 3 is 1.50 bits per heavy atom. The van der Waals surface area contributed by atoms with Crippen LogP contribution in [0, 0.1) is 37.0 Å². The highest BCUT2D eigenvalue weighted by Crippen LogP contribution is 2.05. The summed E-state index contributed by atoms with van der Waals surface area (Å²) in [5.41, 5.74) is 4.71. The lowest BCUT2D eigenvalue weighted by Gasteiger charge is -1.92. The monoisotopic (exact) mass is 284 g/mol. The van der Waals surface area contributed by atoms with Crippen molar-refractivity contribution in [3.63, 3.8) is 0 Å². The van der Waals surface area contributed by atoms with Crippen molar-refractivity contribution in [2.24, 2.45) is 14.1 Å². The smallest absolute Gasteiger partial charge is 0.124 e. The fourth-order valence-electron chi connectivity index (χ4n) is 1.53. The van der Waals surface area contributed by atoms with Crippen molar-refractivity contribution in [2.75, 3.05) is 0 Å². The van der Waals surface area contributed by atoms with Crippen molar-refractivity contribution in [3.05, 3.63) is 31.8 Å². The Labute approximate surface area is 118 Å². The lowest BCUT2D eigenvalue weighted by molar-refractivity contribution is 0.736.